The molecule has 1 saturated heterocycles. The third-order valence-corrected chi connectivity index (χ3v) is 4.01. The van der Waals surface area contributed by atoms with Gasteiger partial charge >= 0.3 is 6.03 Å². The number of benzene rings is 1. The first-order chi connectivity index (χ1) is 10.9. The van der Waals surface area contributed by atoms with Crippen LogP contribution in [0.1, 0.15) is 25.8 Å². The molecule has 0 aromatic heterocycles. The molecular formula is C17H22N4O2. The second-order valence-electron chi connectivity index (χ2n) is 6.27. The number of carbonyl (C=O) groups is 2. The van der Waals surface area contributed by atoms with Gasteiger partial charge in [-0.05, 0) is 24.3 Å². The minimum Gasteiger partial charge on any atom is -0.368 e. The number of carbonyl (C=O) groups excluding carboxylic acids is 2. The van der Waals surface area contributed by atoms with Crippen molar-refractivity contribution in [2.24, 2.45) is 11.7 Å². The van der Waals surface area contributed by atoms with Crippen LogP contribution in [0, 0.1) is 17.2 Å². The second kappa shape index (κ2) is 7.14. The highest BCUT2D eigenvalue weighted by Crippen LogP contribution is 2.23. The zero-order valence-corrected chi connectivity index (χ0v) is 13.4. The Hall–Kier alpha value is -2.55. The van der Waals surface area contributed by atoms with E-state index in [2.05, 4.69) is 11.4 Å². The summed E-state index contributed by atoms with van der Waals surface area (Å²) < 4.78 is 0. The van der Waals surface area contributed by atoms with Crippen LogP contribution < -0.4 is 11.1 Å². The lowest BCUT2D eigenvalue weighted by molar-refractivity contribution is -0.122. The van der Waals surface area contributed by atoms with Crippen molar-refractivity contribution in [2.75, 3.05) is 0 Å². The van der Waals surface area contributed by atoms with E-state index >= 15 is 0 Å². The smallest absolute Gasteiger partial charge is 0.319 e. The lowest BCUT2D eigenvalue weighted by Crippen LogP contribution is -2.50. The van der Waals surface area contributed by atoms with E-state index in [0.29, 0.717) is 12.8 Å². The Labute approximate surface area is 136 Å². The van der Waals surface area contributed by atoms with E-state index in [1.165, 1.54) is 4.90 Å². The molecule has 1 aromatic carbocycles. The molecule has 0 radical (unpaired) electrons. The standard InChI is InChI=1S/C17H22N4O2/c1-11(2)8-14(16(19)22)21-15(10-18)13(20-17(21)23)9-12-6-4-3-5-7-12/h3-7,11,13-15H,8-9H2,1-2H3,(H2,19,22)(H,20,23)/t13-,14-,15+/m0/s1. The van der Waals surface area contributed by atoms with Crippen molar-refractivity contribution in [3.8, 4) is 6.07 Å². The van der Waals surface area contributed by atoms with E-state index in [0.717, 1.165) is 5.56 Å². The molecule has 6 heteroatoms. The zero-order valence-electron chi connectivity index (χ0n) is 13.4. The van der Waals surface area contributed by atoms with Gasteiger partial charge in [0.25, 0.3) is 0 Å². The van der Waals surface area contributed by atoms with Gasteiger partial charge in [-0.15, -0.1) is 0 Å². The zero-order chi connectivity index (χ0) is 17.0. The number of nitriles is 1. The van der Waals surface area contributed by atoms with Crippen molar-refractivity contribution in [1.82, 2.24) is 10.2 Å². The van der Waals surface area contributed by atoms with E-state index in [1.54, 1.807) is 0 Å². The van der Waals surface area contributed by atoms with Crippen molar-refractivity contribution in [3.63, 3.8) is 0 Å². The molecule has 1 aromatic rings. The largest absolute Gasteiger partial charge is 0.368 e. The Morgan fingerprint density at radius 2 is 2.04 bits per heavy atom. The van der Waals surface area contributed by atoms with Crippen LogP contribution in [-0.2, 0) is 11.2 Å². The molecule has 0 saturated carbocycles. The molecule has 0 bridgehead atoms. The number of nitrogens with two attached hydrogens (primary N) is 1. The van der Waals surface area contributed by atoms with Gasteiger partial charge in [0.2, 0.25) is 5.91 Å². The van der Waals surface area contributed by atoms with E-state index < -0.39 is 24.0 Å². The summed E-state index contributed by atoms with van der Waals surface area (Å²) in [4.78, 5) is 25.4. The highest BCUT2D eigenvalue weighted by molar-refractivity contribution is 5.88. The van der Waals surface area contributed by atoms with Gasteiger partial charge in [0, 0.05) is 0 Å². The number of nitrogens with zero attached hydrogens (tertiary/aromatic N) is 2. The second-order valence-corrected chi connectivity index (χ2v) is 6.27. The average Bonchev–Trinajstić information content (AvgIpc) is 2.80. The molecule has 2 rings (SSSR count). The maximum atomic E-state index is 12.3. The monoisotopic (exact) mass is 314 g/mol. The maximum absolute atomic E-state index is 12.3. The van der Waals surface area contributed by atoms with Gasteiger partial charge in [0.15, 0.2) is 0 Å². The molecule has 0 unspecified atom stereocenters. The highest BCUT2D eigenvalue weighted by Gasteiger charge is 2.44. The molecule has 23 heavy (non-hydrogen) atoms. The van der Waals surface area contributed by atoms with Crippen molar-refractivity contribution >= 4 is 11.9 Å². The highest BCUT2D eigenvalue weighted by atomic mass is 16.2. The Morgan fingerprint density at radius 1 is 1.39 bits per heavy atom. The Balaban J connectivity index is 2.22. The Kier molecular flexibility index (Phi) is 5.22. The van der Waals surface area contributed by atoms with Crippen LogP contribution in [0.4, 0.5) is 4.79 Å². The minimum absolute atomic E-state index is 0.188. The van der Waals surface area contributed by atoms with Gasteiger partial charge in [0.05, 0.1) is 12.1 Å². The normalized spacial score (nSPS) is 21.8. The molecular weight excluding hydrogens is 292 g/mol. The fourth-order valence-corrected chi connectivity index (χ4v) is 2.96. The maximum Gasteiger partial charge on any atom is 0.319 e. The minimum atomic E-state index is -0.763. The number of rotatable bonds is 6. The molecule has 6 nitrogen and oxygen atoms in total. The summed E-state index contributed by atoms with van der Waals surface area (Å²) in [6, 6.07) is 9.56. The fraction of sp³-hybridized carbons (Fsp3) is 0.471. The molecule has 122 valence electrons. The van der Waals surface area contributed by atoms with Crippen LogP contribution in [0.3, 0.4) is 0 Å². The fourth-order valence-electron chi connectivity index (χ4n) is 2.96. The Bertz CT molecular complexity index is 609. The molecule has 1 aliphatic heterocycles. The first-order valence-corrected chi connectivity index (χ1v) is 7.75. The Morgan fingerprint density at radius 3 is 2.57 bits per heavy atom. The van der Waals surface area contributed by atoms with Gasteiger partial charge in [-0.1, -0.05) is 44.2 Å². The quantitative estimate of drug-likeness (QED) is 0.830. The molecule has 3 amide bonds. The van der Waals surface area contributed by atoms with Gasteiger partial charge < -0.3 is 11.1 Å². The number of primary amides is 1. The number of urea groups is 1. The summed E-state index contributed by atoms with van der Waals surface area (Å²) in [5, 5.41) is 12.4. The van der Waals surface area contributed by atoms with E-state index in [9.17, 15) is 14.9 Å². The topological polar surface area (TPSA) is 99.2 Å². The van der Waals surface area contributed by atoms with Gasteiger partial charge in [-0.3, -0.25) is 9.69 Å². The summed E-state index contributed by atoms with van der Waals surface area (Å²) in [5.41, 5.74) is 6.50. The molecule has 3 atom stereocenters. The summed E-state index contributed by atoms with van der Waals surface area (Å²) in [6.07, 6.45) is 0.980. The molecule has 1 heterocycles. The third-order valence-electron chi connectivity index (χ3n) is 4.01. The van der Waals surface area contributed by atoms with Crippen molar-refractivity contribution in [1.29, 1.82) is 5.26 Å². The van der Waals surface area contributed by atoms with Crippen molar-refractivity contribution in [3.05, 3.63) is 35.9 Å². The lowest BCUT2D eigenvalue weighted by atomic mass is 9.97. The van der Waals surface area contributed by atoms with E-state index in [-0.39, 0.29) is 12.0 Å². The van der Waals surface area contributed by atoms with Crippen molar-refractivity contribution < 1.29 is 9.59 Å². The number of hydrogen-bond donors (Lipinski definition) is 2. The summed E-state index contributed by atoms with van der Waals surface area (Å²) in [6.45, 7) is 3.90. The average molecular weight is 314 g/mol. The van der Waals surface area contributed by atoms with Gasteiger partial charge in [-0.2, -0.15) is 5.26 Å². The van der Waals surface area contributed by atoms with Crippen LogP contribution in [0.15, 0.2) is 30.3 Å². The third kappa shape index (κ3) is 3.81. The number of hydrogen-bond acceptors (Lipinski definition) is 3. The predicted molar refractivity (Wildman–Crippen MR) is 86.1 cm³/mol. The summed E-state index contributed by atoms with van der Waals surface area (Å²) >= 11 is 0. The number of amides is 3. The van der Waals surface area contributed by atoms with Crippen LogP contribution in [0.2, 0.25) is 0 Å². The first kappa shape index (κ1) is 16.8. The van der Waals surface area contributed by atoms with E-state index in [4.69, 9.17) is 5.73 Å². The molecule has 3 N–H and O–H groups in total. The van der Waals surface area contributed by atoms with Crippen molar-refractivity contribution in [2.45, 2.75) is 44.8 Å². The van der Waals surface area contributed by atoms with Crippen LogP contribution >= 0.6 is 0 Å². The van der Waals surface area contributed by atoms with E-state index in [1.807, 2.05) is 44.2 Å². The number of nitrogens with one attached hydrogen (secondary N) is 1. The molecule has 0 spiro atoms. The van der Waals surface area contributed by atoms with Gasteiger partial charge in [0.1, 0.15) is 12.1 Å². The lowest BCUT2D eigenvalue weighted by Gasteiger charge is -2.28. The van der Waals surface area contributed by atoms with Crippen LogP contribution in [0.25, 0.3) is 0 Å². The SMILES string of the molecule is CC(C)C[C@@H](C(N)=O)N1C(=O)N[C@@H](Cc2ccccc2)[C@H]1C#N. The molecule has 0 aliphatic carbocycles. The summed E-state index contributed by atoms with van der Waals surface area (Å²) in [5.74, 6) is -0.387. The van der Waals surface area contributed by atoms with Gasteiger partial charge in [-0.25, -0.2) is 4.79 Å². The summed E-state index contributed by atoms with van der Waals surface area (Å²) in [7, 11) is 0. The van der Waals surface area contributed by atoms with Crippen LogP contribution in [0.5, 0.6) is 0 Å². The van der Waals surface area contributed by atoms with Crippen LogP contribution in [-0.4, -0.2) is 35.0 Å². The first-order valence-electron chi connectivity index (χ1n) is 7.75. The predicted octanol–water partition coefficient (Wildman–Crippen LogP) is 1.42. The molecule has 1 fully saturated rings. The molecule has 1 aliphatic rings.